The quantitative estimate of drug-likeness (QED) is 0.454. The number of alkyl halides is 3. The SMILES string of the molecule is O=C1CC(N2CCN(C(c3ccccc3)c3ccccc3)CC2)C(=O)N1c1ccc(OC(F)(F)F)cc1. The number of rotatable bonds is 6. The van der Waals surface area contributed by atoms with Gasteiger partial charge in [0, 0.05) is 26.2 Å². The number of benzene rings is 3. The van der Waals surface area contributed by atoms with Crippen LogP contribution in [0.25, 0.3) is 0 Å². The van der Waals surface area contributed by atoms with E-state index in [4.69, 9.17) is 0 Å². The van der Waals surface area contributed by atoms with Gasteiger partial charge in [0.05, 0.1) is 24.2 Å². The van der Waals surface area contributed by atoms with Gasteiger partial charge in [-0.05, 0) is 35.4 Å². The van der Waals surface area contributed by atoms with Gasteiger partial charge in [0.1, 0.15) is 5.75 Å². The lowest BCUT2D eigenvalue weighted by Gasteiger charge is -2.41. The van der Waals surface area contributed by atoms with Gasteiger partial charge < -0.3 is 4.74 Å². The molecule has 2 heterocycles. The predicted octanol–water partition coefficient (Wildman–Crippen LogP) is 4.62. The molecule has 1 unspecified atom stereocenters. The van der Waals surface area contributed by atoms with Crippen LogP contribution in [0.2, 0.25) is 0 Å². The Kier molecular flexibility index (Phi) is 6.99. The van der Waals surface area contributed by atoms with E-state index in [1.54, 1.807) is 0 Å². The first-order valence-electron chi connectivity index (χ1n) is 12.1. The number of nitrogens with zero attached hydrogens (tertiary/aromatic N) is 3. The number of piperazine rings is 1. The Morgan fingerprint density at radius 1 is 0.757 bits per heavy atom. The number of amides is 2. The van der Waals surface area contributed by atoms with Gasteiger partial charge in [0.25, 0.3) is 5.91 Å². The summed E-state index contributed by atoms with van der Waals surface area (Å²) in [5.74, 6) is -1.13. The largest absolute Gasteiger partial charge is 0.573 e. The molecule has 0 bridgehead atoms. The summed E-state index contributed by atoms with van der Waals surface area (Å²) in [7, 11) is 0. The fraction of sp³-hybridized carbons (Fsp3) is 0.286. The molecule has 1 atom stereocenters. The Labute approximate surface area is 212 Å². The summed E-state index contributed by atoms with van der Waals surface area (Å²) in [6.45, 7) is 2.67. The van der Waals surface area contributed by atoms with Crippen LogP contribution in [0.3, 0.4) is 0 Å². The molecule has 0 spiro atoms. The third-order valence-electron chi connectivity index (χ3n) is 6.84. The number of ether oxygens (including phenoxy) is 1. The minimum Gasteiger partial charge on any atom is -0.406 e. The Bertz CT molecular complexity index is 1190. The number of imide groups is 1. The maximum absolute atomic E-state index is 13.2. The number of hydrogen-bond acceptors (Lipinski definition) is 5. The lowest BCUT2D eigenvalue weighted by molar-refractivity contribution is -0.274. The Morgan fingerprint density at radius 2 is 1.30 bits per heavy atom. The minimum absolute atomic E-state index is 0.0421. The molecule has 0 N–H and O–H groups in total. The van der Waals surface area contributed by atoms with Crippen molar-refractivity contribution >= 4 is 17.5 Å². The van der Waals surface area contributed by atoms with Gasteiger partial charge in [-0.15, -0.1) is 13.2 Å². The van der Waals surface area contributed by atoms with E-state index >= 15 is 0 Å². The zero-order valence-corrected chi connectivity index (χ0v) is 20.0. The smallest absolute Gasteiger partial charge is 0.406 e. The van der Waals surface area contributed by atoms with Gasteiger partial charge in [-0.25, -0.2) is 4.90 Å². The van der Waals surface area contributed by atoms with E-state index in [-0.39, 0.29) is 30.0 Å². The fourth-order valence-electron chi connectivity index (χ4n) is 5.16. The van der Waals surface area contributed by atoms with Gasteiger partial charge in [-0.1, -0.05) is 60.7 Å². The first-order chi connectivity index (χ1) is 17.8. The van der Waals surface area contributed by atoms with Crippen molar-refractivity contribution in [3.05, 3.63) is 96.1 Å². The van der Waals surface area contributed by atoms with Crippen LogP contribution >= 0.6 is 0 Å². The van der Waals surface area contributed by atoms with Gasteiger partial charge in [-0.3, -0.25) is 19.4 Å². The summed E-state index contributed by atoms with van der Waals surface area (Å²) in [6.07, 6.45) is -4.77. The van der Waals surface area contributed by atoms with E-state index in [1.807, 2.05) is 41.3 Å². The summed E-state index contributed by atoms with van der Waals surface area (Å²) in [5.41, 5.74) is 2.62. The van der Waals surface area contributed by atoms with Crippen LogP contribution in [0.15, 0.2) is 84.9 Å². The van der Waals surface area contributed by atoms with Crippen molar-refractivity contribution < 1.29 is 27.5 Å². The second kappa shape index (κ2) is 10.4. The maximum atomic E-state index is 13.2. The highest BCUT2D eigenvalue weighted by Gasteiger charge is 2.44. The normalized spacial score (nSPS) is 19.6. The molecule has 37 heavy (non-hydrogen) atoms. The van der Waals surface area contributed by atoms with Crippen molar-refractivity contribution in [3.63, 3.8) is 0 Å². The Hall–Kier alpha value is -3.69. The second-order valence-corrected chi connectivity index (χ2v) is 9.12. The third kappa shape index (κ3) is 5.52. The molecule has 6 nitrogen and oxygen atoms in total. The van der Waals surface area contributed by atoms with Crippen LogP contribution in [0.4, 0.5) is 18.9 Å². The molecule has 2 aliphatic rings. The molecular formula is C28H26F3N3O3. The van der Waals surface area contributed by atoms with Crippen molar-refractivity contribution in [1.82, 2.24) is 9.80 Å². The molecule has 5 rings (SSSR count). The average Bonchev–Trinajstić information content (AvgIpc) is 3.19. The van der Waals surface area contributed by atoms with Gasteiger partial charge in [0.2, 0.25) is 5.91 Å². The number of anilines is 1. The lowest BCUT2D eigenvalue weighted by atomic mass is 9.96. The average molecular weight is 510 g/mol. The minimum atomic E-state index is -4.81. The first-order valence-corrected chi connectivity index (χ1v) is 12.1. The van der Waals surface area contributed by atoms with E-state index in [1.165, 1.54) is 23.3 Å². The Morgan fingerprint density at radius 3 is 1.81 bits per heavy atom. The topological polar surface area (TPSA) is 53.1 Å². The number of carbonyl (C=O) groups is 2. The summed E-state index contributed by atoms with van der Waals surface area (Å²) in [4.78, 5) is 31.5. The molecular weight excluding hydrogens is 483 g/mol. The molecule has 9 heteroatoms. The van der Waals surface area contributed by atoms with E-state index in [0.29, 0.717) is 13.1 Å². The van der Waals surface area contributed by atoms with Gasteiger partial charge in [-0.2, -0.15) is 0 Å². The molecule has 2 amide bonds. The zero-order valence-electron chi connectivity index (χ0n) is 20.0. The Balaban J connectivity index is 1.27. The summed E-state index contributed by atoms with van der Waals surface area (Å²) < 4.78 is 41.2. The number of carbonyl (C=O) groups excluding carboxylic acids is 2. The highest BCUT2D eigenvalue weighted by Crippen LogP contribution is 2.32. The fourth-order valence-corrected chi connectivity index (χ4v) is 5.16. The molecule has 2 aliphatic heterocycles. The monoisotopic (exact) mass is 509 g/mol. The van der Waals surface area contributed by atoms with Gasteiger partial charge >= 0.3 is 6.36 Å². The zero-order chi connectivity index (χ0) is 26.0. The summed E-state index contributed by atoms with van der Waals surface area (Å²) in [5, 5.41) is 0. The summed E-state index contributed by atoms with van der Waals surface area (Å²) >= 11 is 0. The molecule has 2 fully saturated rings. The van der Waals surface area contributed by atoms with Crippen molar-refractivity contribution in [2.75, 3.05) is 31.1 Å². The van der Waals surface area contributed by atoms with Crippen molar-refractivity contribution in [2.45, 2.75) is 24.9 Å². The number of hydrogen-bond donors (Lipinski definition) is 0. The molecule has 2 saturated heterocycles. The van der Waals surface area contributed by atoms with Crippen molar-refractivity contribution in [3.8, 4) is 5.75 Å². The third-order valence-corrected chi connectivity index (χ3v) is 6.84. The highest BCUT2D eigenvalue weighted by atomic mass is 19.4. The van der Waals surface area contributed by atoms with Crippen LogP contribution in [0, 0.1) is 0 Å². The molecule has 0 aliphatic carbocycles. The van der Waals surface area contributed by atoms with Crippen molar-refractivity contribution in [2.24, 2.45) is 0 Å². The molecule has 0 saturated carbocycles. The van der Waals surface area contributed by atoms with Crippen LogP contribution in [-0.2, 0) is 9.59 Å². The van der Waals surface area contributed by atoms with Crippen LogP contribution in [0.1, 0.15) is 23.6 Å². The first kappa shape index (κ1) is 25.0. The van der Waals surface area contributed by atoms with Crippen LogP contribution in [-0.4, -0.2) is 60.2 Å². The van der Waals surface area contributed by atoms with E-state index < -0.39 is 18.2 Å². The van der Waals surface area contributed by atoms with E-state index in [0.717, 1.165) is 30.1 Å². The lowest BCUT2D eigenvalue weighted by Crippen LogP contribution is -2.53. The van der Waals surface area contributed by atoms with Crippen LogP contribution < -0.4 is 9.64 Å². The molecule has 3 aromatic carbocycles. The molecule has 0 aromatic heterocycles. The standard InChI is InChI=1S/C28H26F3N3O3/c29-28(30,31)37-23-13-11-22(12-14-23)34-25(35)19-24(27(34)36)32-15-17-33(18-16-32)26(20-7-3-1-4-8-20)21-9-5-2-6-10-21/h1-14,24,26H,15-19H2. The highest BCUT2D eigenvalue weighted by molar-refractivity contribution is 6.22. The second-order valence-electron chi connectivity index (χ2n) is 9.12. The summed E-state index contributed by atoms with van der Waals surface area (Å²) in [6, 6.07) is 24.9. The molecule has 192 valence electrons. The molecule has 3 aromatic rings. The number of halogens is 3. The van der Waals surface area contributed by atoms with E-state index in [2.05, 4.69) is 33.9 Å². The van der Waals surface area contributed by atoms with E-state index in [9.17, 15) is 22.8 Å². The molecule has 0 radical (unpaired) electrons. The van der Waals surface area contributed by atoms with Crippen LogP contribution in [0.5, 0.6) is 5.75 Å². The van der Waals surface area contributed by atoms with Gasteiger partial charge in [0.15, 0.2) is 0 Å². The maximum Gasteiger partial charge on any atom is 0.573 e. The predicted molar refractivity (Wildman–Crippen MR) is 132 cm³/mol. The van der Waals surface area contributed by atoms with Crippen molar-refractivity contribution in [1.29, 1.82) is 0 Å².